The van der Waals surface area contributed by atoms with Crippen LogP contribution in [0.15, 0.2) is 6.07 Å². The average Bonchev–Trinajstić information content (AvgIpc) is 2.83. The van der Waals surface area contributed by atoms with Crippen molar-refractivity contribution in [1.29, 1.82) is 0 Å². The van der Waals surface area contributed by atoms with E-state index in [0.29, 0.717) is 24.7 Å². The molecule has 0 aliphatic carbocycles. The predicted octanol–water partition coefficient (Wildman–Crippen LogP) is 2.36. The molecule has 1 aliphatic heterocycles. The molecule has 1 aliphatic rings. The highest BCUT2D eigenvalue weighted by Gasteiger charge is 2.28. The molecule has 0 bridgehead atoms. The average molecular weight is 293 g/mol. The van der Waals surface area contributed by atoms with Crippen molar-refractivity contribution < 1.29 is 9.90 Å². The first kappa shape index (κ1) is 16.0. The molecule has 5 nitrogen and oxygen atoms in total. The van der Waals surface area contributed by atoms with Gasteiger partial charge in [-0.15, -0.1) is 0 Å². The summed E-state index contributed by atoms with van der Waals surface area (Å²) in [7, 11) is 0. The third-order valence-corrected chi connectivity index (χ3v) is 3.87. The van der Waals surface area contributed by atoms with Crippen LogP contribution in [0.25, 0.3) is 0 Å². The van der Waals surface area contributed by atoms with Gasteiger partial charge < -0.3 is 10.0 Å². The first-order valence-electron chi connectivity index (χ1n) is 7.78. The third-order valence-electron chi connectivity index (χ3n) is 3.87. The molecule has 1 atom stereocenters. The van der Waals surface area contributed by atoms with E-state index in [4.69, 9.17) is 0 Å². The second-order valence-electron chi connectivity index (χ2n) is 7.24. The lowest BCUT2D eigenvalue weighted by Gasteiger charge is -2.29. The molecular formula is C16H27N3O2. The van der Waals surface area contributed by atoms with Crippen molar-refractivity contribution in [2.24, 2.45) is 0 Å². The maximum atomic E-state index is 12.6. The highest BCUT2D eigenvalue weighted by Crippen LogP contribution is 2.24. The highest BCUT2D eigenvalue weighted by molar-refractivity contribution is 5.92. The molecule has 1 aromatic heterocycles. The molecule has 0 radical (unpaired) electrons. The number of nitrogens with zero attached hydrogens (tertiary/aromatic N) is 3. The van der Waals surface area contributed by atoms with E-state index in [0.717, 1.165) is 18.5 Å². The number of rotatable bonds is 2. The van der Waals surface area contributed by atoms with Gasteiger partial charge in [0.15, 0.2) is 5.69 Å². The minimum atomic E-state index is -0.406. The number of aromatic nitrogens is 2. The van der Waals surface area contributed by atoms with Crippen molar-refractivity contribution in [2.75, 3.05) is 13.1 Å². The Morgan fingerprint density at radius 1 is 1.43 bits per heavy atom. The van der Waals surface area contributed by atoms with Gasteiger partial charge in [-0.3, -0.25) is 9.48 Å². The number of aliphatic hydroxyl groups is 1. The molecule has 1 fully saturated rings. The molecule has 2 heterocycles. The van der Waals surface area contributed by atoms with Crippen molar-refractivity contribution in [2.45, 2.75) is 65.0 Å². The van der Waals surface area contributed by atoms with Gasteiger partial charge in [0.2, 0.25) is 0 Å². The Balaban J connectivity index is 2.30. The van der Waals surface area contributed by atoms with Gasteiger partial charge in [0.1, 0.15) is 0 Å². The molecule has 0 aromatic carbocycles. The standard InChI is InChI=1S/C16H27N3O2/c1-11(2)14-9-13(17-19(14)16(3,4)5)15(21)18-8-6-7-12(20)10-18/h9,11-12,20H,6-8,10H2,1-5H3. The van der Waals surface area contributed by atoms with Crippen molar-refractivity contribution in [3.8, 4) is 0 Å². The lowest BCUT2D eigenvalue weighted by atomic mass is 10.1. The molecule has 1 aromatic rings. The summed E-state index contributed by atoms with van der Waals surface area (Å²) >= 11 is 0. The van der Waals surface area contributed by atoms with Crippen LogP contribution < -0.4 is 0 Å². The molecule has 5 heteroatoms. The fraction of sp³-hybridized carbons (Fsp3) is 0.750. The van der Waals surface area contributed by atoms with Gasteiger partial charge in [0.05, 0.1) is 11.6 Å². The Kier molecular flexibility index (Phi) is 4.42. The summed E-state index contributed by atoms with van der Waals surface area (Å²) in [6.07, 6.45) is 1.22. The Labute approximate surface area is 126 Å². The maximum Gasteiger partial charge on any atom is 0.274 e. The molecule has 21 heavy (non-hydrogen) atoms. The van der Waals surface area contributed by atoms with Crippen LogP contribution in [-0.2, 0) is 5.54 Å². The first-order chi connectivity index (χ1) is 9.70. The molecule has 1 N–H and O–H groups in total. The van der Waals surface area contributed by atoms with Crippen LogP contribution >= 0.6 is 0 Å². The number of likely N-dealkylation sites (tertiary alicyclic amines) is 1. The van der Waals surface area contributed by atoms with Gasteiger partial charge in [0, 0.05) is 18.8 Å². The van der Waals surface area contributed by atoms with Gasteiger partial charge in [-0.25, -0.2) is 0 Å². The lowest BCUT2D eigenvalue weighted by molar-refractivity contribution is 0.0467. The molecule has 2 rings (SSSR count). The number of carbonyl (C=O) groups excluding carboxylic acids is 1. The number of piperidine rings is 1. The van der Waals surface area contributed by atoms with E-state index in [2.05, 4.69) is 39.7 Å². The molecule has 118 valence electrons. The summed E-state index contributed by atoms with van der Waals surface area (Å²) in [5.41, 5.74) is 1.41. The van der Waals surface area contributed by atoms with E-state index in [9.17, 15) is 9.90 Å². The van der Waals surface area contributed by atoms with Gasteiger partial charge in [-0.2, -0.15) is 5.10 Å². The Hall–Kier alpha value is -1.36. The van der Waals surface area contributed by atoms with E-state index in [1.165, 1.54) is 0 Å². The van der Waals surface area contributed by atoms with Crippen LogP contribution in [0.4, 0.5) is 0 Å². The van der Waals surface area contributed by atoms with Crippen LogP contribution in [0.5, 0.6) is 0 Å². The van der Waals surface area contributed by atoms with E-state index < -0.39 is 6.10 Å². The van der Waals surface area contributed by atoms with Crippen molar-refractivity contribution in [3.05, 3.63) is 17.5 Å². The lowest BCUT2D eigenvalue weighted by Crippen LogP contribution is -2.42. The number of carbonyl (C=O) groups is 1. The zero-order valence-electron chi connectivity index (χ0n) is 13.8. The van der Waals surface area contributed by atoms with Gasteiger partial charge in [-0.1, -0.05) is 13.8 Å². The van der Waals surface area contributed by atoms with Crippen LogP contribution in [0, 0.1) is 0 Å². The second-order valence-corrected chi connectivity index (χ2v) is 7.24. The summed E-state index contributed by atoms with van der Waals surface area (Å²) < 4.78 is 1.95. The molecule has 0 saturated carbocycles. The smallest absolute Gasteiger partial charge is 0.274 e. The summed E-state index contributed by atoms with van der Waals surface area (Å²) in [6.45, 7) is 11.6. The second kappa shape index (κ2) is 5.79. The maximum absolute atomic E-state index is 12.6. The predicted molar refractivity (Wildman–Crippen MR) is 82.5 cm³/mol. The zero-order valence-corrected chi connectivity index (χ0v) is 13.8. The van der Waals surface area contributed by atoms with Crippen LogP contribution in [0.3, 0.4) is 0 Å². The Bertz CT molecular complexity index is 514. The first-order valence-corrected chi connectivity index (χ1v) is 7.78. The van der Waals surface area contributed by atoms with Gasteiger partial charge >= 0.3 is 0 Å². The SMILES string of the molecule is CC(C)c1cc(C(=O)N2CCCC(O)C2)nn1C(C)(C)C. The normalized spacial score (nSPS) is 20.1. The van der Waals surface area contributed by atoms with E-state index >= 15 is 0 Å². The summed E-state index contributed by atoms with van der Waals surface area (Å²) in [4.78, 5) is 14.3. The van der Waals surface area contributed by atoms with Crippen molar-refractivity contribution in [1.82, 2.24) is 14.7 Å². The van der Waals surface area contributed by atoms with Gasteiger partial charge in [-0.05, 0) is 45.6 Å². The minimum absolute atomic E-state index is 0.0707. The number of amides is 1. The van der Waals surface area contributed by atoms with Gasteiger partial charge in [0.25, 0.3) is 5.91 Å². The largest absolute Gasteiger partial charge is 0.391 e. The van der Waals surface area contributed by atoms with Crippen molar-refractivity contribution >= 4 is 5.91 Å². The van der Waals surface area contributed by atoms with E-state index in [-0.39, 0.29) is 11.4 Å². The summed E-state index contributed by atoms with van der Waals surface area (Å²) in [6, 6.07) is 1.90. The number of β-amino-alcohol motifs (C(OH)–C–C–N with tert-alkyl or cyclic N) is 1. The minimum Gasteiger partial charge on any atom is -0.391 e. The summed E-state index contributed by atoms with van der Waals surface area (Å²) in [5, 5.41) is 14.3. The fourth-order valence-electron chi connectivity index (χ4n) is 2.75. The van der Waals surface area contributed by atoms with Crippen molar-refractivity contribution in [3.63, 3.8) is 0 Å². The van der Waals surface area contributed by atoms with E-state index in [1.54, 1.807) is 4.90 Å². The monoisotopic (exact) mass is 293 g/mol. The van der Waals surface area contributed by atoms with Crippen LogP contribution in [0.1, 0.15) is 69.6 Å². The fourth-order valence-corrected chi connectivity index (χ4v) is 2.75. The highest BCUT2D eigenvalue weighted by atomic mass is 16.3. The zero-order chi connectivity index (χ0) is 15.8. The van der Waals surface area contributed by atoms with E-state index in [1.807, 2.05) is 10.7 Å². The third kappa shape index (κ3) is 3.46. The molecule has 1 unspecified atom stereocenters. The van der Waals surface area contributed by atoms with Crippen LogP contribution in [-0.4, -0.2) is 44.9 Å². The molecular weight excluding hydrogens is 266 g/mol. The quantitative estimate of drug-likeness (QED) is 0.910. The molecule has 1 saturated heterocycles. The number of hydrogen-bond acceptors (Lipinski definition) is 3. The summed E-state index contributed by atoms with van der Waals surface area (Å²) in [5.74, 6) is 0.240. The Morgan fingerprint density at radius 3 is 2.57 bits per heavy atom. The Morgan fingerprint density at radius 2 is 2.10 bits per heavy atom. The number of hydrogen-bond donors (Lipinski definition) is 1. The molecule has 1 amide bonds. The topological polar surface area (TPSA) is 58.4 Å². The number of aliphatic hydroxyl groups excluding tert-OH is 1. The molecule has 0 spiro atoms. The van der Waals surface area contributed by atoms with Crippen LogP contribution in [0.2, 0.25) is 0 Å².